The topological polar surface area (TPSA) is 53.5 Å². The fourth-order valence-corrected chi connectivity index (χ4v) is 3.83. The quantitative estimate of drug-likeness (QED) is 0.875. The van der Waals surface area contributed by atoms with E-state index >= 15 is 0 Å². The Kier molecular flexibility index (Phi) is 5.22. The average Bonchev–Trinajstić information content (AvgIpc) is 3.01. The lowest BCUT2D eigenvalue weighted by Gasteiger charge is -2.16. The molecule has 0 amide bonds. The third-order valence-corrected chi connectivity index (χ3v) is 5.32. The van der Waals surface area contributed by atoms with Crippen molar-refractivity contribution in [1.82, 2.24) is 14.9 Å². The minimum Gasteiger partial charge on any atom is -0.492 e. The fourth-order valence-electron chi connectivity index (χ4n) is 3.83. The molecule has 0 spiro atoms. The monoisotopic (exact) mass is 379 g/mol. The highest BCUT2D eigenvalue weighted by Gasteiger charge is 2.21. The van der Waals surface area contributed by atoms with Gasteiger partial charge in [-0.3, -0.25) is 0 Å². The first-order chi connectivity index (χ1) is 13.5. The molecule has 148 valence electrons. The van der Waals surface area contributed by atoms with Gasteiger partial charge < -0.3 is 19.9 Å². The Morgan fingerprint density at radius 2 is 2.00 bits per heavy atom. The summed E-state index contributed by atoms with van der Waals surface area (Å²) in [5.74, 6) is 2.58. The van der Waals surface area contributed by atoms with Gasteiger partial charge in [-0.1, -0.05) is 6.08 Å². The maximum absolute atomic E-state index is 6.01. The zero-order valence-electron chi connectivity index (χ0n) is 17.2. The van der Waals surface area contributed by atoms with Gasteiger partial charge in [-0.15, -0.1) is 0 Å². The number of fused-ring (bicyclic) bond motifs is 1. The normalized spacial score (nSPS) is 16.8. The van der Waals surface area contributed by atoms with Crippen LogP contribution in [0.2, 0.25) is 0 Å². The van der Waals surface area contributed by atoms with E-state index in [1.807, 2.05) is 32.0 Å². The summed E-state index contributed by atoms with van der Waals surface area (Å²) in [5, 5.41) is 3.43. The van der Waals surface area contributed by atoms with Crippen molar-refractivity contribution in [2.75, 3.05) is 51.1 Å². The first-order valence-electron chi connectivity index (χ1n) is 9.97. The number of aryl methyl sites for hydroxylation is 1. The molecule has 0 bridgehead atoms. The Bertz CT molecular complexity index is 906. The maximum atomic E-state index is 6.01. The van der Waals surface area contributed by atoms with E-state index in [9.17, 15) is 0 Å². The Balaban J connectivity index is 1.69. The number of likely N-dealkylation sites (N-methyl/N-ethyl adjacent to an activating group) is 1. The van der Waals surface area contributed by atoms with Crippen molar-refractivity contribution >= 4 is 23.0 Å². The van der Waals surface area contributed by atoms with Crippen LogP contribution < -0.4 is 15.0 Å². The predicted octanol–water partition coefficient (Wildman–Crippen LogP) is 3.64. The number of anilines is 3. The number of rotatable bonds is 4. The summed E-state index contributed by atoms with van der Waals surface area (Å²) in [6, 6.07) is 6.36. The van der Waals surface area contributed by atoms with Gasteiger partial charge in [0.1, 0.15) is 11.6 Å². The molecule has 2 aliphatic rings. The molecule has 1 aromatic heterocycles. The van der Waals surface area contributed by atoms with Crippen LogP contribution in [-0.2, 0) is 6.42 Å². The molecule has 0 saturated heterocycles. The van der Waals surface area contributed by atoms with Crippen LogP contribution >= 0.6 is 0 Å². The summed E-state index contributed by atoms with van der Waals surface area (Å²) < 4.78 is 6.01. The molecule has 6 heteroatoms. The number of allylic oxidation sites excluding steroid dienone is 1. The summed E-state index contributed by atoms with van der Waals surface area (Å²) in [5.41, 5.74) is 5.83. The fraction of sp³-hybridized carbons (Fsp3) is 0.455. The van der Waals surface area contributed by atoms with E-state index in [1.54, 1.807) is 0 Å². The van der Waals surface area contributed by atoms with Crippen molar-refractivity contribution in [3.8, 4) is 5.75 Å². The summed E-state index contributed by atoms with van der Waals surface area (Å²) in [7, 11) is 6.16. The standard InChI is InChI=1S/C22H29N5O/c1-15-12-20(26(2)3)25-22(23-15)24-18-13-17-8-11-28-21(17)19(14-18)16-6-5-9-27(4)10-7-16/h7,12-14H,5-6,8-11H2,1-4H3,(H,23,24,25). The van der Waals surface area contributed by atoms with Gasteiger partial charge >= 0.3 is 0 Å². The van der Waals surface area contributed by atoms with Crippen LogP contribution in [0.3, 0.4) is 0 Å². The van der Waals surface area contributed by atoms with E-state index < -0.39 is 0 Å². The van der Waals surface area contributed by atoms with Gasteiger partial charge in [0.2, 0.25) is 5.95 Å². The average molecular weight is 380 g/mol. The number of ether oxygens (including phenoxy) is 1. The second-order valence-electron chi connectivity index (χ2n) is 7.92. The molecule has 28 heavy (non-hydrogen) atoms. The van der Waals surface area contributed by atoms with E-state index in [2.05, 4.69) is 45.4 Å². The minimum absolute atomic E-state index is 0.628. The molecule has 1 N–H and O–H groups in total. The molecule has 2 aromatic rings. The van der Waals surface area contributed by atoms with Gasteiger partial charge in [-0.25, -0.2) is 4.98 Å². The Labute approximate surface area is 167 Å². The molecule has 4 rings (SSSR count). The van der Waals surface area contributed by atoms with Crippen molar-refractivity contribution < 1.29 is 4.74 Å². The van der Waals surface area contributed by atoms with Crippen molar-refractivity contribution in [3.63, 3.8) is 0 Å². The summed E-state index contributed by atoms with van der Waals surface area (Å²) >= 11 is 0. The number of hydrogen-bond donors (Lipinski definition) is 1. The van der Waals surface area contributed by atoms with Crippen LogP contribution in [0.4, 0.5) is 17.5 Å². The molecule has 0 unspecified atom stereocenters. The van der Waals surface area contributed by atoms with Gasteiger partial charge in [-0.2, -0.15) is 4.98 Å². The second-order valence-corrected chi connectivity index (χ2v) is 7.92. The molecule has 0 atom stereocenters. The highest BCUT2D eigenvalue weighted by molar-refractivity contribution is 5.77. The molecule has 6 nitrogen and oxygen atoms in total. The largest absolute Gasteiger partial charge is 0.492 e. The second kappa shape index (κ2) is 7.80. The molecular weight excluding hydrogens is 350 g/mol. The molecule has 0 radical (unpaired) electrons. The third-order valence-electron chi connectivity index (χ3n) is 5.32. The highest BCUT2D eigenvalue weighted by Crippen LogP contribution is 2.39. The minimum atomic E-state index is 0.628. The van der Waals surface area contributed by atoms with Gasteiger partial charge in [0.25, 0.3) is 0 Å². The molecule has 0 saturated carbocycles. The van der Waals surface area contributed by atoms with Crippen molar-refractivity contribution in [1.29, 1.82) is 0 Å². The lowest BCUT2D eigenvalue weighted by molar-refractivity contribution is 0.356. The van der Waals surface area contributed by atoms with E-state index in [1.165, 1.54) is 23.1 Å². The first-order valence-corrected chi connectivity index (χ1v) is 9.97. The molecule has 3 heterocycles. The highest BCUT2D eigenvalue weighted by atomic mass is 16.5. The molecule has 0 fully saturated rings. The number of nitrogens with one attached hydrogen (secondary N) is 1. The van der Waals surface area contributed by atoms with Crippen LogP contribution in [0.1, 0.15) is 29.7 Å². The van der Waals surface area contributed by atoms with Gasteiger partial charge in [-0.05, 0) is 51.1 Å². The van der Waals surface area contributed by atoms with Crippen LogP contribution in [0.25, 0.3) is 5.57 Å². The van der Waals surface area contributed by atoms with Gasteiger partial charge in [0, 0.05) is 55.6 Å². The van der Waals surface area contributed by atoms with Crippen LogP contribution in [0.15, 0.2) is 24.3 Å². The Morgan fingerprint density at radius 1 is 1.14 bits per heavy atom. The zero-order chi connectivity index (χ0) is 19.7. The molecule has 2 aliphatic heterocycles. The number of aromatic nitrogens is 2. The smallest absolute Gasteiger partial charge is 0.229 e. The van der Waals surface area contributed by atoms with Crippen molar-refractivity contribution in [3.05, 3.63) is 41.1 Å². The summed E-state index contributed by atoms with van der Waals surface area (Å²) in [6.45, 7) is 4.86. The third kappa shape index (κ3) is 3.97. The predicted molar refractivity (Wildman–Crippen MR) is 115 cm³/mol. The van der Waals surface area contributed by atoms with Gasteiger partial charge in [0.05, 0.1) is 6.61 Å². The first kappa shape index (κ1) is 18.7. The van der Waals surface area contributed by atoms with Gasteiger partial charge in [0.15, 0.2) is 0 Å². The SMILES string of the molecule is Cc1cc(N(C)C)nc(Nc2cc3c(c(C4=CCN(C)CCC4)c2)OCC3)n1. The lowest BCUT2D eigenvalue weighted by Crippen LogP contribution is -2.17. The number of hydrogen-bond acceptors (Lipinski definition) is 6. The van der Waals surface area contributed by atoms with E-state index in [0.29, 0.717) is 5.95 Å². The van der Waals surface area contributed by atoms with Crippen molar-refractivity contribution in [2.24, 2.45) is 0 Å². The summed E-state index contributed by atoms with van der Waals surface area (Å²) in [6.07, 6.45) is 5.54. The molecular formula is C22H29N5O. The van der Waals surface area contributed by atoms with Crippen LogP contribution in [-0.4, -0.2) is 55.7 Å². The van der Waals surface area contributed by atoms with E-state index in [0.717, 1.165) is 55.5 Å². The maximum Gasteiger partial charge on any atom is 0.229 e. The van der Waals surface area contributed by atoms with E-state index in [-0.39, 0.29) is 0 Å². The summed E-state index contributed by atoms with van der Waals surface area (Å²) in [4.78, 5) is 13.6. The zero-order valence-corrected chi connectivity index (χ0v) is 17.2. The lowest BCUT2D eigenvalue weighted by atomic mass is 9.97. The molecule has 0 aliphatic carbocycles. The Morgan fingerprint density at radius 3 is 2.82 bits per heavy atom. The Hall–Kier alpha value is -2.60. The van der Waals surface area contributed by atoms with Crippen molar-refractivity contribution in [2.45, 2.75) is 26.2 Å². The number of nitrogens with zero attached hydrogens (tertiary/aromatic N) is 4. The molecule has 1 aromatic carbocycles. The number of benzene rings is 1. The van der Waals surface area contributed by atoms with Crippen LogP contribution in [0.5, 0.6) is 5.75 Å². The van der Waals surface area contributed by atoms with E-state index in [4.69, 9.17) is 4.74 Å². The van der Waals surface area contributed by atoms with Crippen LogP contribution in [0, 0.1) is 6.92 Å².